The molecule has 0 bridgehead atoms. The largest absolute Gasteiger partial charge is 0.454 e. The Labute approximate surface area is 167 Å². The highest BCUT2D eigenvalue weighted by Gasteiger charge is 2.13. The first kappa shape index (κ1) is 17.2. The molecule has 1 aliphatic heterocycles. The maximum Gasteiger partial charge on any atom is 0.231 e. The maximum absolute atomic E-state index is 5.44. The van der Waals surface area contributed by atoms with Crippen LogP contribution in [0.5, 0.6) is 11.5 Å². The van der Waals surface area contributed by atoms with Crippen LogP contribution in [0.3, 0.4) is 0 Å². The van der Waals surface area contributed by atoms with Crippen LogP contribution in [0.1, 0.15) is 11.4 Å². The lowest BCUT2D eigenvalue weighted by Gasteiger charge is -2.12. The van der Waals surface area contributed by atoms with Gasteiger partial charge in [-0.05, 0) is 36.8 Å². The van der Waals surface area contributed by atoms with Crippen molar-refractivity contribution in [2.24, 2.45) is 0 Å². The minimum atomic E-state index is 0.273. The van der Waals surface area contributed by atoms with Crippen molar-refractivity contribution in [2.75, 3.05) is 17.4 Å². The number of anilines is 3. The average Bonchev–Trinajstić information content (AvgIpc) is 3.20. The predicted molar refractivity (Wildman–Crippen MR) is 112 cm³/mol. The minimum absolute atomic E-state index is 0.273. The number of benzene rings is 2. The highest BCUT2D eigenvalue weighted by Crippen LogP contribution is 2.32. The second-order valence-electron chi connectivity index (χ2n) is 6.73. The summed E-state index contributed by atoms with van der Waals surface area (Å²) in [6.45, 7) is 2.76. The Morgan fingerprint density at radius 3 is 2.76 bits per heavy atom. The van der Waals surface area contributed by atoms with Crippen molar-refractivity contribution in [1.82, 2.24) is 15.0 Å². The Morgan fingerprint density at radius 1 is 0.931 bits per heavy atom. The lowest BCUT2D eigenvalue weighted by atomic mass is 10.2. The van der Waals surface area contributed by atoms with Gasteiger partial charge in [0.2, 0.25) is 6.79 Å². The van der Waals surface area contributed by atoms with Gasteiger partial charge in [-0.15, -0.1) is 0 Å². The minimum Gasteiger partial charge on any atom is -0.454 e. The van der Waals surface area contributed by atoms with Gasteiger partial charge >= 0.3 is 0 Å². The zero-order valence-corrected chi connectivity index (χ0v) is 15.8. The Bertz CT molecular complexity index is 1190. The van der Waals surface area contributed by atoms with Crippen molar-refractivity contribution in [1.29, 1.82) is 0 Å². The Hall–Kier alpha value is -3.87. The molecule has 0 amide bonds. The Morgan fingerprint density at radius 2 is 1.79 bits per heavy atom. The van der Waals surface area contributed by atoms with Gasteiger partial charge in [-0.3, -0.25) is 4.98 Å². The molecular formula is C22H19N5O2. The summed E-state index contributed by atoms with van der Waals surface area (Å²) < 4.78 is 10.8. The standard InChI is InChI=1S/C22H19N5O2/c1-14-25-20(24-12-15-7-8-18-19(10-15)29-13-28-18)11-21(26-14)27-17-6-2-4-16-5-3-9-23-22(16)17/h2-11H,12-13H2,1H3,(H2,24,25,26,27). The zero-order chi connectivity index (χ0) is 19.6. The summed E-state index contributed by atoms with van der Waals surface area (Å²) in [5.41, 5.74) is 2.89. The lowest BCUT2D eigenvalue weighted by Crippen LogP contribution is -2.05. The van der Waals surface area contributed by atoms with Crippen molar-refractivity contribution >= 4 is 28.2 Å². The fourth-order valence-corrected chi connectivity index (χ4v) is 3.31. The monoisotopic (exact) mass is 385 g/mol. The Kier molecular flexibility index (Phi) is 4.32. The first-order valence-electron chi connectivity index (χ1n) is 9.33. The maximum atomic E-state index is 5.44. The third-order valence-corrected chi connectivity index (χ3v) is 4.64. The number of nitrogens with one attached hydrogen (secondary N) is 2. The number of pyridine rings is 1. The van der Waals surface area contributed by atoms with Crippen molar-refractivity contribution in [3.8, 4) is 11.5 Å². The van der Waals surface area contributed by atoms with Gasteiger partial charge in [0, 0.05) is 24.2 Å². The van der Waals surface area contributed by atoms with E-state index in [-0.39, 0.29) is 6.79 Å². The van der Waals surface area contributed by atoms with Gasteiger partial charge in [0.05, 0.1) is 11.2 Å². The van der Waals surface area contributed by atoms with E-state index in [0.717, 1.165) is 39.5 Å². The number of hydrogen-bond acceptors (Lipinski definition) is 7. The van der Waals surface area contributed by atoms with E-state index < -0.39 is 0 Å². The molecule has 5 rings (SSSR count). The number of nitrogens with zero attached hydrogens (tertiary/aromatic N) is 3. The molecule has 0 atom stereocenters. The van der Waals surface area contributed by atoms with Crippen LogP contribution >= 0.6 is 0 Å². The Balaban J connectivity index is 1.36. The van der Waals surface area contributed by atoms with E-state index in [0.29, 0.717) is 18.2 Å². The van der Waals surface area contributed by atoms with Gasteiger partial charge in [-0.2, -0.15) is 0 Å². The van der Waals surface area contributed by atoms with Crippen LogP contribution in [0.4, 0.5) is 17.3 Å². The van der Waals surface area contributed by atoms with Crippen molar-refractivity contribution in [3.63, 3.8) is 0 Å². The smallest absolute Gasteiger partial charge is 0.231 e. The molecule has 4 aromatic rings. The highest BCUT2D eigenvalue weighted by atomic mass is 16.7. The van der Waals surface area contributed by atoms with Gasteiger partial charge in [-0.1, -0.05) is 24.3 Å². The third-order valence-electron chi connectivity index (χ3n) is 4.64. The van der Waals surface area contributed by atoms with E-state index in [1.807, 2.05) is 61.5 Å². The molecule has 0 fully saturated rings. The molecule has 7 heteroatoms. The van der Waals surface area contributed by atoms with E-state index in [2.05, 4.69) is 25.6 Å². The molecule has 0 unspecified atom stereocenters. The van der Waals surface area contributed by atoms with Gasteiger partial charge in [0.25, 0.3) is 0 Å². The first-order valence-corrected chi connectivity index (χ1v) is 9.33. The third kappa shape index (κ3) is 3.62. The number of hydrogen-bond donors (Lipinski definition) is 2. The van der Waals surface area contributed by atoms with E-state index in [9.17, 15) is 0 Å². The first-order chi connectivity index (χ1) is 14.2. The predicted octanol–water partition coefficient (Wildman–Crippen LogP) is 4.42. The number of ether oxygens (including phenoxy) is 2. The topological polar surface area (TPSA) is 81.2 Å². The number of aromatic nitrogens is 3. The molecular weight excluding hydrogens is 366 g/mol. The SMILES string of the molecule is Cc1nc(NCc2ccc3c(c2)OCO3)cc(Nc2cccc3cccnc23)n1. The van der Waals surface area contributed by atoms with Gasteiger partial charge in [0.15, 0.2) is 11.5 Å². The highest BCUT2D eigenvalue weighted by molar-refractivity contribution is 5.91. The van der Waals surface area contributed by atoms with E-state index in [1.54, 1.807) is 6.20 Å². The molecule has 0 saturated heterocycles. The number of rotatable bonds is 5. The average molecular weight is 385 g/mol. The molecule has 3 heterocycles. The molecule has 0 radical (unpaired) electrons. The summed E-state index contributed by atoms with van der Waals surface area (Å²) in [5.74, 6) is 3.68. The summed E-state index contributed by atoms with van der Waals surface area (Å²) in [7, 11) is 0. The van der Waals surface area contributed by atoms with Crippen LogP contribution in [0.15, 0.2) is 60.8 Å². The second-order valence-corrected chi connectivity index (χ2v) is 6.73. The summed E-state index contributed by atoms with van der Waals surface area (Å²) in [6, 6.07) is 17.8. The van der Waals surface area contributed by atoms with Crippen LogP contribution in [-0.4, -0.2) is 21.7 Å². The van der Waals surface area contributed by atoms with Crippen LogP contribution in [0, 0.1) is 6.92 Å². The molecule has 2 N–H and O–H groups in total. The van der Waals surface area contributed by atoms with Gasteiger partial charge in [-0.25, -0.2) is 9.97 Å². The van der Waals surface area contributed by atoms with E-state index in [1.165, 1.54) is 0 Å². The van der Waals surface area contributed by atoms with Crippen molar-refractivity contribution in [3.05, 3.63) is 72.2 Å². The van der Waals surface area contributed by atoms with Crippen molar-refractivity contribution in [2.45, 2.75) is 13.5 Å². The molecule has 7 nitrogen and oxygen atoms in total. The van der Waals surface area contributed by atoms with Crippen LogP contribution < -0.4 is 20.1 Å². The quantitative estimate of drug-likeness (QED) is 0.526. The molecule has 1 aliphatic rings. The fourth-order valence-electron chi connectivity index (χ4n) is 3.31. The van der Waals surface area contributed by atoms with Crippen molar-refractivity contribution < 1.29 is 9.47 Å². The van der Waals surface area contributed by atoms with Gasteiger partial charge in [0.1, 0.15) is 17.5 Å². The molecule has 29 heavy (non-hydrogen) atoms. The molecule has 2 aromatic carbocycles. The summed E-state index contributed by atoms with van der Waals surface area (Å²) in [6.07, 6.45) is 1.79. The molecule has 2 aromatic heterocycles. The second kappa shape index (κ2) is 7.27. The van der Waals surface area contributed by atoms with Crippen LogP contribution in [-0.2, 0) is 6.54 Å². The molecule has 0 spiro atoms. The fraction of sp³-hybridized carbons (Fsp3) is 0.136. The molecule has 0 aliphatic carbocycles. The summed E-state index contributed by atoms with van der Waals surface area (Å²) in [4.78, 5) is 13.5. The summed E-state index contributed by atoms with van der Waals surface area (Å²) >= 11 is 0. The van der Waals surface area contributed by atoms with Crippen LogP contribution in [0.25, 0.3) is 10.9 Å². The molecule has 144 valence electrons. The molecule has 0 saturated carbocycles. The normalized spacial score (nSPS) is 12.2. The van der Waals surface area contributed by atoms with E-state index >= 15 is 0 Å². The van der Waals surface area contributed by atoms with E-state index in [4.69, 9.17) is 9.47 Å². The lowest BCUT2D eigenvalue weighted by molar-refractivity contribution is 0.174. The van der Waals surface area contributed by atoms with Crippen LogP contribution in [0.2, 0.25) is 0 Å². The number of para-hydroxylation sites is 1. The zero-order valence-electron chi connectivity index (χ0n) is 15.8. The number of fused-ring (bicyclic) bond motifs is 2. The summed E-state index contributed by atoms with van der Waals surface area (Å²) in [5, 5.41) is 7.80. The number of aryl methyl sites for hydroxylation is 1. The van der Waals surface area contributed by atoms with Gasteiger partial charge < -0.3 is 20.1 Å².